The zero-order valence-electron chi connectivity index (χ0n) is 9.39. The van der Waals surface area contributed by atoms with E-state index in [9.17, 15) is 4.79 Å². The van der Waals surface area contributed by atoms with Crippen molar-refractivity contribution in [1.29, 1.82) is 0 Å². The molecule has 2 nitrogen and oxygen atoms in total. The molecule has 0 saturated carbocycles. The number of hydrogen-bond acceptors (Lipinski definition) is 2. The molecule has 2 heteroatoms. The van der Waals surface area contributed by atoms with Gasteiger partial charge in [0.25, 0.3) is 0 Å². The van der Waals surface area contributed by atoms with Gasteiger partial charge in [0.15, 0.2) is 5.78 Å². The van der Waals surface area contributed by atoms with E-state index in [1.54, 1.807) is 0 Å². The lowest BCUT2D eigenvalue weighted by atomic mass is 9.80. The fourth-order valence-corrected chi connectivity index (χ4v) is 1.66. The largest absolute Gasteiger partial charge is 0.319 e. The van der Waals surface area contributed by atoms with Crippen molar-refractivity contribution in [1.82, 2.24) is 0 Å². The lowest BCUT2D eigenvalue weighted by Gasteiger charge is -2.28. The molecule has 0 aromatic heterocycles. The minimum atomic E-state index is -0.573. The van der Waals surface area contributed by atoms with E-state index >= 15 is 0 Å². The molecule has 0 aliphatic rings. The predicted octanol–water partition coefficient (Wildman–Crippen LogP) is 2.51. The van der Waals surface area contributed by atoms with E-state index in [0.29, 0.717) is 0 Å². The van der Waals surface area contributed by atoms with Crippen molar-refractivity contribution < 1.29 is 4.79 Å². The highest BCUT2D eigenvalue weighted by Gasteiger charge is 2.33. The van der Waals surface area contributed by atoms with Gasteiger partial charge in [-0.25, -0.2) is 0 Å². The summed E-state index contributed by atoms with van der Waals surface area (Å²) in [5.41, 5.74) is 5.47. The first kappa shape index (κ1) is 12.6. The molecule has 0 aromatic carbocycles. The van der Waals surface area contributed by atoms with Crippen molar-refractivity contribution in [2.45, 2.75) is 58.9 Å². The third kappa shape index (κ3) is 2.80. The van der Waals surface area contributed by atoms with Gasteiger partial charge in [0.05, 0.1) is 5.54 Å². The Hall–Kier alpha value is -0.370. The van der Waals surface area contributed by atoms with Gasteiger partial charge in [-0.1, -0.05) is 27.7 Å². The van der Waals surface area contributed by atoms with E-state index < -0.39 is 5.54 Å². The fourth-order valence-electron chi connectivity index (χ4n) is 1.66. The molecule has 0 aliphatic carbocycles. The van der Waals surface area contributed by atoms with Crippen molar-refractivity contribution >= 4 is 5.78 Å². The van der Waals surface area contributed by atoms with Gasteiger partial charge in [-0.2, -0.15) is 0 Å². The van der Waals surface area contributed by atoms with Crippen molar-refractivity contribution in [3.8, 4) is 0 Å². The zero-order valence-corrected chi connectivity index (χ0v) is 9.39. The van der Waals surface area contributed by atoms with E-state index in [-0.39, 0.29) is 11.7 Å². The molecule has 0 aromatic rings. The molecule has 0 spiro atoms. The third-order valence-corrected chi connectivity index (χ3v) is 3.11. The summed E-state index contributed by atoms with van der Waals surface area (Å²) in [6, 6.07) is 0. The molecule has 0 atom stereocenters. The molecule has 0 radical (unpaired) electrons. The normalized spacial score (nSPS) is 12.2. The Morgan fingerprint density at radius 3 is 1.77 bits per heavy atom. The Balaban J connectivity index is 4.53. The molecule has 78 valence electrons. The summed E-state index contributed by atoms with van der Waals surface area (Å²) in [6.07, 6.45) is 3.32. The average molecular weight is 185 g/mol. The molecule has 0 fully saturated rings. The first-order valence-electron chi connectivity index (χ1n) is 5.38. The Bertz CT molecular complexity index is 157. The number of hydrogen-bond donors (Lipinski definition) is 1. The van der Waals surface area contributed by atoms with Crippen LogP contribution in [-0.2, 0) is 4.79 Å². The summed E-state index contributed by atoms with van der Waals surface area (Å²) in [6.45, 7) is 8.09. The van der Waals surface area contributed by atoms with Gasteiger partial charge < -0.3 is 5.73 Å². The van der Waals surface area contributed by atoms with Gasteiger partial charge >= 0.3 is 0 Å². The average Bonchev–Trinajstić information content (AvgIpc) is 2.18. The monoisotopic (exact) mass is 185 g/mol. The number of ketones is 1. The highest BCUT2D eigenvalue weighted by molar-refractivity contribution is 5.90. The van der Waals surface area contributed by atoms with Crippen molar-refractivity contribution in [2.75, 3.05) is 0 Å². The van der Waals surface area contributed by atoms with Crippen LogP contribution in [0.5, 0.6) is 0 Å². The molecule has 0 heterocycles. The van der Waals surface area contributed by atoms with E-state index in [1.807, 2.05) is 13.8 Å². The predicted molar refractivity (Wildman–Crippen MR) is 56.6 cm³/mol. The summed E-state index contributed by atoms with van der Waals surface area (Å²) < 4.78 is 0. The minimum Gasteiger partial charge on any atom is -0.319 e. The maximum atomic E-state index is 12.0. The minimum absolute atomic E-state index is 0.157. The summed E-state index contributed by atoms with van der Waals surface area (Å²) in [4.78, 5) is 12.0. The molecule has 0 unspecified atom stereocenters. The topological polar surface area (TPSA) is 43.1 Å². The standard InChI is InChI=1S/C11H23NO/c1-5-9(6-2)10(13)11(12,7-3)8-4/h9H,5-8,12H2,1-4H3. The van der Waals surface area contributed by atoms with E-state index in [0.717, 1.165) is 25.7 Å². The van der Waals surface area contributed by atoms with Crippen molar-refractivity contribution in [3.05, 3.63) is 0 Å². The van der Waals surface area contributed by atoms with Gasteiger partial charge in [-0.3, -0.25) is 4.79 Å². The Morgan fingerprint density at radius 1 is 1.15 bits per heavy atom. The van der Waals surface area contributed by atoms with Crippen molar-refractivity contribution in [3.63, 3.8) is 0 Å². The summed E-state index contributed by atoms with van der Waals surface area (Å²) >= 11 is 0. The maximum Gasteiger partial charge on any atom is 0.155 e. The molecule has 2 N–H and O–H groups in total. The number of carbonyl (C=O) groups excluding carboxylic acids is 1. The van der Waals surface area contributed by atoms with E-state index in [1.165, 1.54) is 0 Å². The third-order valence-electron chi connectivity index (χ3n) is 3.11. The summed E-state index contributed by atoms with van der Waals surface area (Å²) in [7, 11) is 0. The van der Waals surface area contributed by atoms with Crippen LogP contribution in [0.15, 0.2) is 0 Å². The van der Waals surface area contributed by atoms with Gasteiger partial charge in [0.1, 0.15) is 0 Å². The molecule has 0 amide bonds. The van der Waals surface area contributed by atoms with Gasteiger partial charge in [0.2, 0.25) is 0 Å². The molecule has 0 aliphatic heterocycles. The van der Waals surface area contributed by atoms with Crippen molar-refractivity contribution in [2.24, 2.45) is 11.7 Å². The van der Waals surface area contributed by atoms with Crippen LogP contribution in [0, 0.1) is 5.92 Å². The van der Waals surface area contributed by atoms with Crippen LogP contribution in [0.3, 0.4) is 0 Å². The van der Waals surface area contributed by atoms with Gasteiger partial charge in [0, 0.05) is 5.92 Å². The maximum absolute atomic E-state index is 12.0. The Morgan fingerprint density at radius 2 is 1.54 bits per heavy atom. The van der Waals surface area contributed by atoms with Crippen LogP contribution >= 0.6 is 0 Å². The van der Waals surface area contributed by atoms with E-state index in [2.05, 4.69) is 13.8 Å². The van der Waals surface area contributed by atoms with Crippen LogP contribution < -0.4 is 5.73 Å². The molecule has 0 bridgehead atoms. The second-order valence-electron chi connectivity index (χ2n) is 3.74. The van der Waals surface area contributed by atoms with Crippen LogP contribution in [0.1, 0.15) is 53.4 Å². The number of nitrogens with two attached hydrogens (primary N) is 1. The molecular formula is C11H23NO. The van der Waals surface area contributed by atoms with Crippen LogP contribution in [-0.4, -0.2) is 11.3 Å². The lowest BCUT2D eigenvalue weighted by Crippen LogP contribution is -2.49. The highest BCUT2D eigenvalue weighted by Crippen LogP contribution is 2.21. The summed E-state index contributed by atoms with van der Waals surface area (Å²) in [5, 5.41) is 0. The number of Topliss-reactive ketones (excluding diaryl/α,β-unsaturated/α-hetero) is 1. The van der Waals surface area contributed by atoms with Gasteiger partial charge in [-0.05, 0) is 25.7 Å². The smallest absolute Gasteiger partial charge is 0.155 e. The molecular weight excluding hydrogens is 162 g/mol. The SMILES string of the molecule is CCC(CC)C(=O)C(N)(CC)CC. The van der Waals surface area contributed by atoms with Gasteiger partial charge in [-0.15, -0.1) is 0 Å². The molecule has 0 rings (SSSR count). The second-order valence-corrected chi connectivity index (χ2v) is 3.74. The zero-order chi connectivity index (χ0) is 10.5. The van der Waals surface area contributed by atoms with Crippen LogP contribution in [0.4, 0.5) is 0 Å². The first-order chi connectivity index (χ1) is 6.05. The fraction of sp³-hybridized carbons (Fsp3) is 0.909. The van der Waals surface area contributed by atoms with Crippen LogP contribution in [0.2, 0.25) is 0 Å². The Kier molecular flexibility index (Phi) is 5.23. The highest BCUT2D eigenvalue weighted by atomic mass is 16.1. The summed E-state index contributed by atoms with van der Waals surface area (Å²) in [5.74, 6) is 0.410. The number of carbonyl (C=O) groups is 1. The number of rotatable bonds is 6. The molecule has 0 saturated heterocycles. The molecule has 13 heavy (non-hydrogen) atoms. The second kappa shape index (κ2) is 5.38. The lowest BCUT2D eigenvalue weighted by molar-refractivity contribution is -0.128. The van der Waals surface area contributed by atoms with E-state index in [4.69, 9.17) is 5.73 Å². The first-order valence-corrected chi connectivity index (χ1v) is 5.38. The quantitative estimate of drug-likeness (QED) is 0.691. The van der Waals surface area contributed by atoms with Crippen LogP contribution in [0.25, 0.3) is 0 Å². The Labute approximate surface area is 81.9 Å².